The Bertz CT molecular complexity index is 884. The Hall–Kier alpha value is -1.57. The molecule has 0 fully saturated rings. The summed E-state index contributed by atoms with van der Waals surface area (Å²) < 4.78 is 50.0. The van der Waals surface area contributed by atoms with Gasteiger partial charge in [0.15, 0.2) is 0 Å². The van der Waals surface area contributed by atoms with Crippen molar-refractivity contribution in [1.29, 1.82) is 0 Å². The van der Waals surface area contributed by atoms with Crippen LogP contribution in [-0.4, -0.2) is 16.8 Å². The van der Waals surface area contributed by atoms with Crippen LogP contribution >= 0.6 is 10.7 Å². The quantitative estimate of drug-likeness (QED) is 0.851. The van der Waals surface area contributed by atoms with Crippen molar-refractivity contribution in [3.05, 3.63) is 53.6 Å². The van der Waals surface area contributed by atoms with Gasteiger partial charge in [0.1, 0.15) is 0 Å². The Morgan fingerprint density at radius 3 is 1.86 bits per heavy atom. The molecule has 0 atom stereocenters. The zero-order valence-corrected chi connectivity index (χ0v) is 14.3. The molecule has 0 spiro atoms. The van der Waals surface area contributed by atoms with Gasteiger partial charge in [0.25, 0.3) is 19.1 Å². The van der Waals surface area contributed by atoms with E-state index < -0.39 is 19.1 Å². The van der Waals surface area contributed by atoms with E-state index in [0.29, 0.717) is 11.1 Å². The number of hydrogen-bond acceptors (Lipinski definition) is 4. The molecule has 2 aromatic carbocycles. The second-order valence-corrected chi connectivity index (χ2v) is 8.98. The van der Waals surface area contributed by atoms with Crippen molar-refractivity contribution in [2.45, 2.75) is 23.6 Å². The van der Waals surface area contributed by atoms with Crippen molar-refractivity contribution >= 4 is 35.4 Å². The van der Waals surface area contributed by atoms with E-state index in [9.17, 15) is 16.8 Å². The van der Waals surface area contributed by atoms with Crippen molar-refractivity contribution < 1.29 is 16.8 Å². The molecule has 0 aliphatic carbocycles. The summed E-state index contributed by atoms with van der Waals surface area (Å²) in [5, 5.41) is 0. The monoisotopic (exact) mass is 359 g/mol. The molecular weight excluding hydrogens is 346 g/mol. The summed E-state index contributed by atoms with van der Waals surface area (Å²) in [5.41, 5.74) is 1.03. The van der Waals surface area contributed by atoms with Crippen molar-refractivity contribution in [2.24, 2.45) is 0 Å². The van der Waals surface area contributed by atoms with Gasteiger partial charge in [-0.2, -0.15) is 0 Å². The maximum absolute atomic E-state index is 12.3. The van der Waals surface area contributed by atoms with Gasteiger partial charge in [0.05, 0.1) is 9.79 Å². The van der Waals surface area contributed by atoms with Crippen LogP contribution in [0.2, 0.25) is 0 Å². The molecule has 1 N–H and O–H groups in total. The number of sulfonamides is 1. The average molecular weight is 360 g/mol. The van der Waals surface area contributed by atoms with Crippen molar-refractivity contribution in [1.82, 2.24) is 0 Å². The molecule has 0 saturated carbocycles. The zero-order valence-electron chi connectivity index (χ0n) is 11.9. The highest BCUT2D eigenvalue weighted by Crippen LogP contribution is 2.28. The molecule has 0 heterocycles. The highest BCUT2D eigenvalue weighted by molar-refractivity contribution is 8.13. The number of hydrogen-bond donors (Lipinski definition) is 1. The fraction of sp³-hybridized carbons (Fsp3) is 0.143. The van der Waals surface area contributed by atoms with Crippen molar-refractivity contribution in [3.8, 4) is 0 Å². The van der Waals surface area contributed by atoms with Gasteiger partial charge in [0, 0.05) is 16.4 Å². The third-order valence-corrected chi connectivity index (χ3v) is 6.00. The Balaban J connectivity index is 2.45. The van der Waals surface area contributed by atoms with Crippen LogP contribution < -0.4 is 4.72 Å². The molecule has 2 aromatic rings. The number of halogens is 1. The predicted octanol–water partition coefficient (Wildman–Crippen LogP) is 3.03. The molecule has 0 bridgehead atoms. The topological polar surface area (TPSA) is 80.3 Å². The minimum atomic E-state index is -3.88. The molecule has 2 rings (SSSR count). The first kappa shape index (κ1) is 16.8. The van der Waals surface area contributed by atoms with Crippen LogP contribution in [0.15, 0.2) is 52.3 Å². The summed E-state index contributed by atoms with van der Waals surface area (Å²) in [6.45, 7) is 3.12. The lowest BCUT2D eigenvalue weighted by Gasteiger charge is -2.12. The van der Waals surface area contributed by atoms with Gasteiger partial charge in [-0.3, -0.25) is 4.72 Å². The van der Waals surface area contributed by atoms with Crippen molar-refractivity contribution in [3.63, 3.8) is 0 Å². The lowest BCUT2D eigenvalue weighted by molar-refractivity contribution is 0.601. The standard InChI is InChI=1S/C14H14ClNO4S2/c1-10-8-12(9-11(2)14(10)21(15,17)18)16-22(19,20)13-6-4-3-5-7-13/h3-9,16H,1-2H3. The third kappa shape index (κ3) is 3.60. The van der Waals surface area contributed by atoms with Gasteiger partial charge in [-0.15, -0.1) is 0 Å². The van der Waals surface area contributed by atoms with Crippen LogP contribution in [0.25, 0.3) is 0 Å². The number of rotatable bonds is 4. The first-order chi connectivity index (χ1) is 10.1. The molecule has 22 heavy (non-hydrogen) atoms. The number of nitrogens with one attached hydrogen (secondary N) is 1. The molecule has 0 aliphatic rings. The van der Waals surface area contributed by atoms with E-state index in [1.165, 1.54) is 24.3 Å². The molecule has 0 saturated heterocycles. The Morgan fingerprint density at radius 1 is 0.909 bits per heavy atom. The van der Waals surface area contributed by atoms with Gasteiger partial charge >= 0.3 is 0 Å². The largest absolute Gasteiger partial charge is 0.280 e. The fourth-order valence-electron chi connectivity index (χ4n) is 2.21. The zero-order chi connectivity index (χ0) is 16.5. The summed E-state index contributed by atoms with van der Waals surface area (Å²) in [5.74, 6) is 0. The molecule has 0 aliphatic heterocycles. The molecule has 5 nitrogen and oxygen atoms in total. The summed E-state index contributed by atoms with van der Waals surface area (Å²) in [7, 11) is -2.23. The van der Waals surface area contributed by atoms with Gasteiger partial charge in [-0.25, -0.2) is 16.8 Å². The fourth-order valence-corrected chi connectivity index (χ4v) is 4.89. The van der Waals surface area contributed by atoms with Crippen LogP contribution in [0.5, 0.6) is 0 Å². The van der Waals surface area contributed by atoms with E-state index >= 15 is 0 Å². The van der Waals surface area contributed by atoms with Gasteiger partial charge in [-0.1, -0.05) is 18.2 Å². The normalized spacial score (nSPS) is 12.1. The number of aryl methyl sites for hydroxylation is 2. The van der Waals surface area contributed by atoms with E-state index in [1.807, 2.05) is 0 Å². The van der Waals surface area contributed by atoms with E-state index in [1.54, 1.807) is 32.0 Å². The summed E-state index contributed by atoms with van der Waals surface area (Å²) in [4.78, 5) is 0.121. The molecular formula is C14H14ClNO4S2. The second kappa shape index (κ2) is 5.91. The first-order valence-corrected chi connectivity index (χ1v) is 10.0. The van der Waals surface area contributed by atoms with E-state index in [4.69, 9.17) is 10.7 Å². The lowest BCUT2D eigenvalue weighted by atomic mass is 10.1. The van der Waals surface area contributed by atoms with E-state index in [0.717, 1.165) is 0 Å². The Kier molecular flexibility index (Phi) is 4.51. The van der Waals surface area contributed by atoms with Gasteiger partial charge in [0.2, 0.25) is 0 Å². The highest BCUT2D eigenvalue weighted by Gasteiger charge is 2.19. The van der Waals surface area contributed by atoms with Crippen molar-refractivity contribution in [2.75, 3.05) is 4.72 Å². The smallest absolute Gasteiger partial charge is 0.261 e. The number of benzene rings is 2. The van der Waals surface area contributed by atoms with Gasteiger partial charge < -0.3 is 0 Å². The Morgan fingerprint density at radius 2 is 1.41 bits per heavy atom. The summed E-state index contributed by atoms with van der Waals surface area (Å²) in [6.07, 6.45) is 0. The minimum Gasteiger partial charge on any atom is -0.280 e. The van der Waals surface area contributed by atoms with Crippen LogP contribution in [0, 0.1) is 13.8 Å². The van der Waals surface area contributed by atoms with Crippen LogP contribution in [0.4, 0.5) is 5.69 Å². The molecule has 0 amide bonds. The highest BCUT2D eigenvalue weighted by atomic mass is 35.7. The van der Waals surface area contributed by atoms with Crippen LogP contribution in [0.3, 0.4) is 0 Å². The van der Waals surface area contributed by atoms with Gasteiger partial charge in [-0.05, 0) is 49.2 Å². The molecule has 0 unspecified atom stereocenters. The molecule has 118 valence electrons. The second-order valence-electron chi connectivity index (χ2n) is 4.80. The molecule has 0 radical (unpaired) electrons. The molecule has 8 heteroatoms. The third-order valence-electron chi connectivity index (χ3n) is 3.01. The summed E-state index contributed by atoms with van der Waals surface area (Å²) >= 11 is 0. The predicted molar refractivity (Wildman–Crippen MR) is 86.2 cm³/mol. The van der Waals surface area contributed by atoms with E-state index in [-0.39, 0.29) is 15.5 Å². The average Bonchev–Trinajstić information content (AvgIpc) is 2.36. The SMILES string of the molecule is Cc1cc(NS(=O)(=O)c2ccccc2)cc(C)c1S(=O)(=O)Cl. The maximum atomic E-state index is 12.3. The summed E-state index contributed by atoms with van der Waals surface area (Å²) in [6, 6.07) is 10.8. The Labute approximate surface area is 134 Å². The molecule has 0 aromatic heterocycles. The number of anilines is 1. The van der Waals surface area contributed by atoms with Crippen LogP contribution in [0.1, 0.15) is 11.1 Å². The maximum Gasteiger partial charge on any atom is 0.261 e. The first-order valence-electron chi connectivity index (χ1n) is 6.25. The van der Waals surface area contributed by atoms with Crippen LogP contribution in [-0.2, 0) is 19.1 Å². The lowest BCUT2D eigenvalue weighted by Crippen LogP contribution is -2.13. The minimum absolute atomic E-state index is 0.00294. The van der Waals surface area contributed by atoms with E-state index in [2.05, 4.69) is 4.72 Å².